The number of hydrogen-bond acceptors (Lipinski definition) is 6. The van der Waals surface area contributed by atoms with E-state index < -0.39 is 16.8 Å². The minimum absolute atomic E-state index is 0.366. The summed E-state index contributed by atoms with van der Waals surface area (Å²) < 4.78 is 38.7. The Morgan fingerprint density at radius 1 is 1.00 bits per heavy atom. The Morgan fingerprint density at radius 3 is 2.40 bits per heavy atom. The van der Waals surface area contributed by atoms with Crippen molar-refractivity contribution in [2.75, 3.05) is 10.6 Å². The van der Waals surface area contributed by atoms with Crippen LogP contribution in [0.5, 0.6) is 0 Å². The maximum atomic E-state index is 12.9. The summed E-state index contributed by atoms with van der Waals surface area (Å²) in [6.07, 6.45) is -3.14. The topological polar surface area (TPSA) is 62.7 Å². The smallest absolute Gasteiger partial charge is 0.338 e. The molecule has 0 unspecified atom stereocenters. The molecule has 0 aliphatic rings. The largest absolute Gasteiger partial charge is 0.417 e. The third kappa shape index (κ3) is 4.03. The van der Waals surface area contributed by atoms with Crippen LogP contribution in [0.15, 0.2) is 42.7 Å². The Labute approximate surface area is 179 Å². The van der Waals surface area contributed by atoms with Crippen LogP contribution in [0.1, 0.15) is 16.7 Å². The first kappa shape index (κ1) is 20.4. The minimum Gasteiger partial charge on any atom is -0.338 e. The second-order valence-corrected chi connectivity index (χ2v) is 7.99. The summed E-state index contributed by atoms with van der Waals surface area (Å²) in [5, 5.41) is 6.54. The Kier molecular flexibility index (Phi) is 5.25. The van der Waals surface area contributed by atoms with Crippen molar-refractivity contribution in [1.82, 2.24) is 15.0 Å². The number of aromatic nitrogens is 3. The fourth-order valence-electron chi connectivity index (χ4n) is 2.98. The van der Waals surface area contributed by atoms with Crippen molar-refractivity contribution in [3.63, 3.8) is 0 Å². The van der Waals surface area contributed by atoms with Crippen molar-refractivity contribution >= 4 is 55.6 Å². The van der Waals surface area contributed by atoms with Gasteiger partial charge in [-0.25, -0.2) is 15.0 Å². The van der Waals surface area contributed by atoms with Gasteiger partial charge in [-0.1, -0.05) is 41.1 Å². The number of rotatable bonds is 4. The van der Waals surface area contributed by atoms with Gasteiger partial charge in [0, 0.05) is 11.4 Å². The van der Waals surface area contributed by atoms with Crippen molar-refractivity contribution in [2.45, 2.75) is 20.0 Å². The maximum absolute atomic E-state index is 12.9. The molecular weight excluding hydrogens is 435 g/mol. The zero-order valence-corrected chi connectivity index (χ0v) is 17.4. The van der Waals surface area contributed by atoms with Crippen LogP contribution < -0.4 is 10.6 Å². The van der Waals surface area contributed by atoms with E-state index in [9.17, 15) is 13.2 Å². The highest BCUT2D eigenvalue weighted by molar-refractivity contribution is 7.21. The zero-order valence-electron chi connectivity index (χ0n) is 15.8. The van der Waals surface area contributed by atoms with Gasteiger partial charge < -0.3 is 10.6 Å². The molecule has 0 saturated carbocycles. The number of alkyl halides is 3. The molecule has 4 aromatic rings. The van der Waals surface area contributed by atoms with Crippen LogP contribution in [-0.2, 0) is 6.18 Å². The quantitative estimate of drug-likeness (QED) is 0.356. The molecule has 0 bridgehead atoms. The van der Waals surface area contributed by atoms with E-state index in [0.717, 1.165) is 22.9 Å². The SMILES string of the molecule is Cc1cccc(C)c1Nc1nc2c(Nc3ccc(C(F)(F)F)c(Cl)c3)ncnc2s1. The summed E-state index contributed by atoms with van der Waals surface area (Å²) in [7, 11) is 0. The van der Waals surface area contributed by atoms with E-state index in [0.29, 0.717) is 27.0 Å². The number of hydrogen-bond donors (Lipinski definition) is 2. The molecule has 0 radical (unpaired) electrons. The van der Waals surface area contributed by atoms with Gasteiger partial charge in [0.2, 0.25) is 0 Å². The lowest BCUT2D eigenvalue weighted by atomic mass is 10.1. The van der Waals surface area contributed by atoms with Gasteiger partial charge in [0.1, 0.15) is 11.8 Å². The van der Waals surface area contributed by atoms with Gasteiger partial charge >= 0.3 is 6.18 Å². The molecule has 10 heteroatoms. The molecule has 4 rings (SSSR count). The predicted octanol–water partition coefficient (Wildman–Crippen LogP) is 6.86. The average Bonchev–Trinajstić information content (AvgIpc) is 3.08. The number of fused-ring (bicyclic) bond motifs is 1. The van der Waals surface area contributed by atoms with Gasteiger partial charge in [-0.3, -0.25) is 0 Å². The van der Waals surface area contributed by atoms with Gasteiger partial charge in [0.15, 0.2) is 15.8 Å². The Hall–Kier alpha value is -2.91. The summed E-state index contributed by atoms with van der Waals surface area (Å²) in [6.45, 7) is 4.01. The zero-order chi connectivity index (χ0) is 21.5. The molecule has 0 saturated heterocycles. The molecule has 0 atom stereocenters. The van der Waals surface area contributed by atoms with Crippen LogP contribution in [0.3, 0.4) is 0 Å². The normalized spacial score (nSPS) is 11.7. The number of anilines is 4. The summed E-state index contributed by atoms with van der Waals surface area (Å²) >= 11 is 7.16. The monoisotopic (exact) mass is 449 g/mol. The molecule has 2 aromatic carbocycles. The molecule has 0 aliphatic heterocycles. The number of benzene rings is 2. The van der Waals surface area contributed by atoms with Gasteiger partial charge in [-0.05, 0) is 43.2 Å². The van der Waals surface area contributed by atoms with Gasteiger partial charge in [0.25, 0.3) is 0 Å². The van der Waals surface area contributed by atoms with Crippen molar-refractivity contribution < 1.29 is 13.2 Å². The van der Waals surface area contributed by atoms with Gasteiger partial charge in [-0.2, -0.15) is 13.2 Å². The number of nitrogens with one attached hydrogen (secondary N) is 2. The maximum Gasteiger partial charge on any atom is 0.417 e. The first-order valence-corrected chi connectivity index (χ1v) is 10.0. The number of nitrogens with zero attached hydrogens (tertiary/aromatic N) is 3. The minimum atomic E-state index is -4.51. The third-order valence-electron chi connectivity index (χ3n) is 4.45. The van der Waals surface area contributed by atoms with Gasteiger partial charge in [0.05, 0.1) is 10.6 Å². The summed E-state index contributed by atoms with van der Waals surface area (Å²) in [5.74, 6) is 0.377. The second kappa shape index (κ2) is 7.73. The van der Waals surface area contributed by atoms with E-state index in [-0.39, 0.29) is 0 Å². The highest BCUT2D eigenvalue weighted by atomic mass is 35.5. The number of aryl methyl sites for hydroxylation is 2. The molecule has 0 amide bonds. The molecule has 30 heavy (non-hydrogen) atoms. The van der Waals surface area contributed by atoms with Crippen LogP contribution in [0.25, 0.3) is 10.3 Å². The molecule has 5 nitrogen and oxygen atoms in total. The van der Waals surface area contributed by atoms with Crippen molar-refractivity contribution in [2.24, 2.45) is 0 Å². The van der Waals surface area contributed by atoms with E-state index in [1.54, 1.807) is 0 Å². The van der Waals surface area contributed by atoms with E-state index in [1.807, 2.05) is 32.0 Å². The summed E-state index contributed by atoms with van der Waals surface area (Å²) in [6, 6.07) is 9.42. The highest BCUT2D eigenvalue weighted by Crippen LogP contribution is 2.37. The van der Waals surface area contributed by atoms with Crippen LogP contribution in [0.4, 0.5) is 35.5 Å². The van der Waals surface area contributed by atoms with Crippen LogP contribution in [-0.4, -0.2) is 15.0 Å². The molecule has 2 aromatic heterocycles. The van der Waals surface area contributed by atoms with E-state index in [2.05, 4.69) is 25.6 Å². The fraction of sp³-hybridized carbons (Fsp3) is 0.150. The first-order valence-electron chi connectivity index (χ1n) is 8.81. The van der Waals surface area contributed by atoms with E-state index >= 15 is 0 Å². The average molecular weight is 450 g/mol. The number of para-hydroxylation sites is 1. The lowest BCUT2D eigenvalue weighted by Gasteiger charge is -2.11. The van der Waals surface area contributed by atoms with E-state index in [4.69, 9.17) is 11.6 Å². The molecule has 2 N–H and O–H groups in total. The molecular formula is C20H15ClF3N5S. The Balaban J connectivity index is 1.65. The highest BCUT2D eigenvalue weighted by Gasteiger charge is 2.33. The lowest BCUT2D eigenvalue weighted by molar-refractivity contribution is -0.137. The van der Waals surface area contributed by atoms with E-state index in [1.165, 1.54) is 29.8 Å². The van der Waals surface area contributed by atoms with Crippen LogP contribution in [0.2, 0.25) is 5.02 Å². The Morgan fingerprint density at radius 2 is 1.73 bits per heavy atom. The van der Waals surface area contributed by atoms with Crippen LogP contribution >= 0.6 is 22.9 Å². The second-order valence-electron chi connectivity index (χ2n) is 6.60. The molecule has 0 aliphatic carbocycles. The summed E-state index contributed by atoms with van der Waals surface area (Å²) in [4.78, 5) is 13.6. The molecule has 0 fully saturated rings. The Bertz CT molecular complexity index is 1220. The standard InChI is InChI=1S/C20H15ClF3N5S/c1-10-4-3-5-11(2)15(10)28-19-29-16-17(25-9-26-18(16)30-19)27-12-6-7-13(14(21)8-12)20(22,23)24/h3-9H,1-2H3,(H,28,29)(H,25,26,27). The lowest BCUT2D eigenvalue weighted by Crippen LogP contribution is -2.06. The van der Waals surface area contributed by atoms with Crippen LogP contribution in [0, 0.1) is 13.8 Å². The molecule has 154 valence electrons. The third-order valence-corrected chi connectivity index (χ3v) is 5.64. The van der Waals surface area contributed by atoms with Crippen molar-refractivity contribution in [1.29, 1.82) is 0 Å². The number of halogens is 4. The van der Waals surface area contributed by atoms with Gasteiger partial charge in [-0.15, -0.1) is 0 Å². The summed E-state index contributed by atoms with van der Waals surface area (Å²) in [5.41, 5.74) is 3.11. The molecule has 0 spiro atoms. The number of thiazole rings is 1. The first-order chi connectivity index (χ1) is 14.2. The fourth-order valence-corrected chi connectivity index (χ4v) is 4.08. The molecule has 2 heterocycles. The van der Waals surface area contributed by atoms with Crippen molar-refractivity contribution in [3.05, 3.63) is 64.4 Å². The van der Waals surface area contributed by atoms with Crippen molar-refractivity contribution in [3.8, 4) is 0 Å². The predicted molar refractivity (Wildman–Crippen MR) is 114 cm³/mol.